The first-order valence-corrected chi connectivity index (χ1v) is 6.95. The molecule has 0 unspecified atom stereocenters. The molecule has 0 bridgehead atoms. The number of amides is 1. The lowest BCUT2D eigenvalue weighted by atomic mass is 10.4. The Morgan fingerprint density at radius 1 is 1.23 bits per heavy atom. The number of ether oxygens (including phenoxy) is 1. The van der Waals surface area contributed by atoms with E-state index in [9.17, 15) is 9.18 Å². The van der Waals surface area contributed by atoms with Crippen molar-refractivity contribution in [2.75, 3.05) is 5.32 Å². The largest absolute Gasteiger partial charge is 0.436 e. The van der Waals surface area contributed by atoms with Crippen LogP contribution in [0.3, 0.4) is 0 Å². The van der Waals surface area contributed by atoms with Crippen LogP contribution in [0.1, 0.15) is 10.5 Å². The molecule has 0 aromatic carbocycles. The molecule has 0 fully saturated rings. The Bertz CT molecular complexity index is 797. The fraction of sp³-hybridized carbons (Fsp3) is 0. The molecule has 7 nitrogen and oxygen atoms in total. The number of hydrogen-bond donors (Lipinski definition) is 1. The smallest absolute Gasteiger partial charge is 0.276 e. The molecule has 3 aromatic rings. The van der Waals surface area contributed by atoms with Crippen molar-refractivity contribution in [2.45, 2.75) is 0 Å². The summed E-state index contributed by atoms with van der Waals surface area (Å²) in [5.41, 5.74) is 1.84. The van der Waals surface area contributed by atoms with Gasteiger partial charge in [0.05, 0.1) is 30.3 Å². The Balaban J connectivity index is 1.74. The van der Waals surface area contributed by atoms with Crippen LogP contribution in [-0.4, -0.2) is 25.8 Å². The number of nitrogens with one attached hydrogen (secondary N) is 1. The average Bonchev–Trinajstić information content (AvgIpc) is 3.02. The van der Waals surface area contributed by atoms with Crippen molar-refractivity contribution in [3.63, 3.8) is 0 Å². The maximum absolute atomic E-state index is 13.0. The van der Waals surface area contributed by atoms with E-state index in [0.717, 1.165) is 12.3 Å². The zero-order chi connectivity index (χ0) is 15.4. The number of rotatable bonds is 4. The van der Waals surface area contributed by atoms with Gasteiger partial charge in [-0.3, -0.25) is 14.8 Å². The maximum atomic E-state index is 13.0. The SMILES string of the molecule is O=C(Nc1cncc(Oc2cncc(F)c2)n1)c1cscn1. The van der Waals surface area contributed by atoms with Gasteiger partial charge in [-0.1, -0.05) is 0 Å². The molecule has 0 aliphatic rings. The van der Waals surface area contributed by atoms with E-state index in [1.165, 1.54) is 29.9 Å². The van der Waals surface area contributed by atoms with Crippen LogP contribution in [0.4, 0.5) is 10.2 Å². The van der Waals surface area contributed by atoms with Crippen LogP contribution in [0.2, 0.25) is 0 Å². The van der Waals surface area contributed by atoms with E-state index in [1.54, 1.807) is 10.9 Å². The van der Waals surface area contributed by atoms with Crippen molar-refractivity contribution in [2.24, 2.45) is 0 Å². The Labute approximate surface area is 127 Å². The highest BCUT2D eigenvalue weighted by atomic mass is 32.1. The third-order valence-electron chi connectivity index (χ3n) is 2.42. The Kier molecular flexibility index (Phi) is 3.97. The summed E-state index contributed by atoms with van der Waals surface area (Å²) in [7, 11) is 0. The van der Waals surface area contributed by atoms with Gasteiger partial charge in [0.25, 0.3) is 5.91 Å². The van der Waals surface area contributed by atoms with Crippen LogP contribution < -0.4 is 10.1 Å². The highest BCUT2D eigenvalue weighted by Gasteiger charge is 2.10. The first-order valence-electron chi connectivity index (χ1n) is 6.01. The maximum Gasteiger partial charge on any atom is 0.276 e. The summed E-state index contributed by atoms with van der Waals surface area (Å²) >= 11 is 1.31. The summed E-state index contributed by atoms with van der Waals surface area (Å²) in [5.74, 6) is -0.459. The molecule has 110 valence electrons. The molecule has 0 aliphatic heterocycles. The molecular weight excluding hydrogens is 309 g/mol. The highest BCUT2D eigenvalue weighted by Crippen LogP contribution is 2.19. The number of hydrogen-bond acceptors (Lipinski definition) is 7. The second-order valence-corrected chi connectivity index (χ2v) is 4.73. The van der Waals surface area contributed by atoms with Crippen LogP contribution in [0.5, 0.6) is 11.6 Å². The predicted molar refractivity (Wildman–Crippen MR) is 76.4 cm³/mol. The van der Waals surface area contributed by atoms with Gasteiger partial charge in [0.15, 0.2) is 11.6 Å². The molecule has 22 heavy (non-hydrogen) atoms. The molecule has 1 N–H and O–H groups in total. The van der Waals surface area contributed by atoms with E-state index in [-0.39, 0.29) is 23.1 Å². The number of pyridine rings is 1. The van der Waals surface area contributed by atoms with Crippen molar-refractivity contribution >= 4 is 23.1 Å². The van der Waals surface area contributed by atoms with Crippen LogP contribution in [0.25, 0.3) is 0 Å². The molecular formula is C13H8FN5O2S. The lowest BCUT2D eigenvalue weighted by Gasteiger charge is -2.06. The second kappa shape index (κ2) is 6.22. The van der Waals surface area contributed by atoms with E-state index >= 15 is 0 Å². The minimum absolute atomic E-state index is 0.100. The second-order valence-electron chi connectivity index (χ2n) is 4.01. The Hall–Kier alpha value is -2.94. The van der Waals surface area contributed by atoms with E-state index in [0.29, 0.717) is 0 Å². The first-order chi connectivity index (χ1) is 10.7. The standard InChI is InChI=1S/C13H8FN5O2S/c14-8-1-9(3-15-2-8)21-12-5-16-4-11(18-12)19-13(20)10-6-22-7-17-10/h1-7H,(H,18,19,20). The third-order valence-corrected chi connectivity index (χ3v) is 3.01. The van der Waals surface area contributed by atoms with E-state index in [4.69, 9.17) is 4.74 Å². The summed E-state index contributed by atoms with van der Waals surface area (Å²) in [6.07, 6.45) is 5.10. The summed E-state index contributed by atoms with van der Waals surface area (Å²) in [6.45, 7) is 0. The first kappa shape index (κ1) is 14.0. The van der Waals surface area contributed by atoms with Crippen molar-refractivity contribution in [3.05, 3.63) is 53.3 Å². The number of halogens is 1. The average molecular weight is 317 g/mol. The van der Waals surface area contributed by atoms with Crippen molar-refractivity contribution in [3.8, 4) is 11.6 Å². The predicted octanol–water partition coefficient (Wildman–Crippen LogP) is 2.51. The lowest BCUT2D eigenvalue weighted by molar-refractivity contribution is 0.102. The monoisotopic (exact) mass is 317 g/mol. The molecule has 1 amide bonds. The lowest BCUT2D eigenvalue weighted by Crippen LogP contribution is -2.13. The van der Waals surface area contributed by atoms with E-state index in [1.807, 2.05) is 0 Å². The van der Waals surface area contributed by atoms with Gasteiger partial charge >= 0.3 is 0 Å². The molecule has 0 atom stereocenters. The van der Waals surface area contributed by atoms with E-state index in [2.05, 4.69) is 25.3 Å². The normalized spacial score (nSPS) is 10.2. The number of carbonyl (C=O) groups is 1. The van der Waals surface area contributed by atoms with Crippen molar-refractivity contribution in [1.29, 1.82) is 0 Å². The number of anilines is 1. The molecule has 0 saturated carbocycles. The van der Waals surface area contributed by atoms with Crippen LogP contribution in [-0.2, 0) is 0 Å². The van der Waals surface area contributed by atoms with Crippen molar-refractivity contribution < 1.29 is 13.9 Å². The fourth-order valence-corrected chi connectivity index (χ4v) is 2.06. The van der Waals surface area contributed by atoms with E-state index < -0.39 is 11.7 Å². The Morgan fingerprint density at radius 2 is 2.09 bits per heavy atom. The molecule has 0 aliphatic carbocycles. The van der Waals surface area contributed by atoms with Gasteiger partial charge in [-0.05, 0) is 0 Å². The van der Waals surface area contributed by atoms with Crippen LogP contribution >= 0.6 is 11.3 Å². The van der Waals surface area contributed by atoms with Gasteiger partial charge in [-0.15, -0.1) is 11.3 Å². The number of thiazole rings is 1. The van der Waals surface area contributed by atoms with Crippen LogP contribution in [0, 0.1) is 5.82 Å². The molecule has 3 aromatic heterocycles. The molecule has 3 heterocycles. The molecule has 0 spiro atoms. The Morgan fingerprint density at radius 3 is 2.86 bits per heavy atom. The third kappa shape index (κ3) is 3.38. The van der Waals surface area contributed by atoms with Gasteiger partial charge < -0.3 is 10.1 Å². The quantitative estimate of drug-likeness (QED) is 0.795. The molecule has 9 heteroatoms. The summed E-state index contributed by atoms with van der Waals surface area (Å²) in [4.78, 5) is 27.4. The van der Waals surface area contributed by atoms with Gasteiger partial charge in [-0.2, -0.15) is 4.98 Å². The van der Waals surface area contributed by atoms with Gasteiger partial charge in [-0.25, -0.2) is 9.37 Å². The highest BCUT2D eigenvalue weighted by molar-refractivity contribution is 7.07. The number of nitrogens with zero attached hydrogens (tertiary/aromatic N) is 4. The number of carbonyl (C=O) groups excluding carboxylic acids is 1. The topological polar surface area (TPSA) is 89.9 Å². The summed E-state index contributed by atoms with van der Waals surface area (Å²) < 4.78 is 18.4. The minimum atomic E-state index is -0.529. The summed E-state index contributed by atoms with van der Waals surface area (Å²) in [5, 5.41) is 4.16. The number of aromatic nitrogens is 4. The summed E-state index contributed by atoms with van der Waals surface area (Å²) in [6, 6.07) is 1.16. The minimum Gasteiger partial charge on any atom is -0.436 e. The zero-order valence-electron chi connectivity index (χ0n) is 10.9. The van der Waals surface area contributed by atoms with Gasteiger partial charge in [0.1, 0.15) is 11.5 Å². The van der Waals surface area contributed by atoms with Crippen LogP contribution in [0.15, 0.2) is 41.7 Å². The van der Waals surface area contributed by atoms with Gasteiger partial charge in [0, 0.05) is 11.4 Å². The molecule has 0 radical (unpaired) electrons. The molecule has 0 saturated heterocycles. The fourth-order valence-electron chi connectivity index (χ4n) is 1.53. The molecule has 3 rings (SSSR count). The zero-order valence-corrected chi connectivity index (χ0v) is 11.7. The van der Waals surface area contributed by atoms with Crippen molar-refractivity contribution in [1.82, 2.24) is 19.9 Å². The van der Waals surface area contributed by atoms with Gasteiger partial charge in [0.2, 0.25) is 5.88 Å².